The fourth-order valence-electron chi connectivity index (χ4n) is 4.77. The number of hydrogen-bond donors (Lipinski definition) is 0. The molecule has 1 saturated heterocycles. The van der Waals surface area contributed by atoms with Gasteiger partial charge in [0.15, 0.2) is 0 Å². The van der Waals surface area contributed by atoms with E-state index in [0.29, 0.717) is 12.6 Å². The average molecular weight is 437 g/mol. The largest absolute Gasteiger partial charge is 0.487 e. The van der Waals surface area contributed by atoms with Gasteiger partial charge in [-0.1, -0.05) is 41.9 Å². The van der Waals surface area contributed by atoms with Gasteiger partial charge in [-0.3, -0.25) is 4.90 Å². The number of halogens is 2. The van der Waals surface area contributed by atoms with Crippen LogP contribution >= 0.6 is 11.6 Å². The van der Waals surface area contributed by atoms with Gasteiger partial charge < -0.3 is 9.64 Å². The Balaban J connectivity index is 1.40. The molecule has 31 heavy (non-hydrogen) atoms. The van der Waals surface area contributed by atoms with Crippen LogP contribution in [0.3, 0.4) is 0 Å². The molecule has 160 valence electrons. The third-order valence-corrected chi connectivity index (χ3v) is 6.58. The summed E-state index contributed by atoms with van der Waals surface area (Å²) in [6.07, 6.45) is 3.19. The number of ether oxygens (including phenoxy) is 1. The smallest absolute Gasteiger partial charge is 0.143 e. The molecule has 5 heteroatoms. The van der Waals surface area contributed by atoms with Gasteiger partial charge in [0.05, 0.1) is 5.69 Å². The molecule has 1 atom stereocenters. The van der Waals surface area contributed by atoms with Crippen LogP contribution in [0.4, 0.5) is 15.8 Å². The summed E-state index contributed by atoms with van der Waals surface area (Å²) >= 11 is 6.39. The summed E-state index contributed by atoms with van der Waals surface area (Å²) in [5.74, 6) is 0.740. The SMILES string of the molecule is Fc1cccc(CCN2CCCC2CN2c3cc(Cl)ccc3COc3ccccc32)c1. The molecular weight excluding hydrogens is 411 g/mol. The minimum Gasteiger partial charge on any atom is -0.487 e. The Morgan fingerprint density at radius 1 is 1.00 bits per heavy atom. The molecule has 0 aliphatic carbocycles. The maximum Gasteiger partial charge on any atom is 0.143 e. The van der Waals surface area contributed by atoms with Crippen LogP contribution in [0, 0.1) is 5.82 Å². The highest BCUT2D eigenvalue weighted by molar-refractivity contribution is 6.30. The molecule has 1 fully saturated rings. The first-order valence-corrected chi connectivity index (χ1v) is 11.3. The third-order valence-electron chi connectivity index (χ3n) is 6.35. The van der Waals surface area contributed by atoms with Crippen molar-refractivity contribution in [3.8, 4) is 5.75 Å². The number of likely N-dealkylation sites (tertiary alicyclic amines) is 1. The first-order valence-electron chi connectivity index (χ1n) is 10.9. The predicted octanol–water partition coefficient (Wildman–Crippen LogP) is 6.22. The van der Waals surface area contributed by atoms with Crippen molar-refractivity contribution in [3.63, 3.8) is 0 Å². The lowest BCUT2D eigenvalue weighted by Gasteiger charge is -2.33. The van der Waals surface area contributed by atoms with E-state index in [4.69, 9.17) is 16.3 Å². The molecule has 2 aliphatic heterocycles. The van der Waals surface area contributed by atoms with Crippen LogP contribution < -0.4 is 9.64 Å². The number of nitrogens with zero attached hydrogens (tertiary/aromatic N) is 2. The first kappa shape index (κ1) is 20.3. The maximum atomic E-state index is 13.6. The summed E-state index contributed by atoms with van der Waals surface area (Å²) in [6.45, 7) is 3.42. The first-order chi connectivity index (χ1) is 15.2. The van der Waals surface area contributed by atoms with Crippen molar-refractivity contribution in [2.75, 3.05) is 24.5 Å². The molecule has 3 aromatic rings. The number of anilines is 2. The summed E-state index contributed by atoms with van der Waals surface area (Å²) in [7, 11) is 0. The van der Waals surface area contributed by atoms with Crippen molar-refractivity contribution < 1.29 is 9.13 Å². The maximum absolute atomic E-state index is 13.6. The van der Waals surface area contributed by atoms with E-state index in [0.717, 1.165) is 65.7 Å². The highest BCUT2D eigenvalue weighted by Crippen LogP contribution is 2.41. The Morgan fingerprint density at radius 2 is 1.90 bits per heavy atom. The van der Waals surface area contributed by atoms with E-state index in [-0.39, 0.29) is 5.82 Å². The zero-order valence-corrected chi connectivity index (χ0v) is 18.2. The molecule has 2 heterocycles. The number of para-hydroxylation sites is 2. The molecule has 3 nitrogen and oxygen atoms in total. The van der Waals surface area contributed by atoms with Crippen molar-refractivity contribution >= 4 is 23.0 Å². The Morgan fingerprint density at radius 3 is 2.81 bits per heavy atom. The van der Waals surface area contributed by atoms with Crippen molar-refractivity contribution in [2.24, 2.45) is 0 Å². The zero-order chi connectivity index (χ0) is 21.2. The summed E-state index contributed by atoms with van der Waals surface area (Å²) in [5.41, 5.74) is 4.40. The zero-order valence-electron chi connectivity index (χ0n) is 17.4. The molecule has 5 rings (SSSR count). The Bertz CT molecular complexity index is 1070. The van der Waals surface area contributed by atoms with Gasteiger partial charge in [0.1, 0.15) is 18.2 Å². The van der Waals surface area contributed by atoms with E-state index >= 15 is 0 Å². The molecule has 0 bridgehead atoms. The molecule has 0 radical (unpaired) electrons. The van der Waals surface area contributed by atoms with E-state index in [1.54, 1.807) is 12.1 Å². The van der Waals surface area contributed by atoms with Crippen LogP contribution in [0.1, 0.15) is 24.0 Å². The van der Waals surface area contributed by atoms with Gasteiger partial charge in [-0.25, -0.2) is 4.39 Å². The van der Waals surface area contributed by atoms with Crippen LogP contribution in [0.2, 0.25) is 5.02 Å². The Hall–Kier alpha value is -2.56. The molecule has 2 aliphatic rings. The van der Waals surface area contributed by atoms with E-state index in [2.05, 4.69) is 28.0 Å². The monoisotopic (exact) mass is 436 g/mol. The number of hydrogen-bond acceptors (Lipinski definition) is 3. The average Bonchev–Trinajstić information content (AvgIpc) is 3.16. The minimum atomic E-state index is -0.162. The summed E-state index contributed by atoms with van der Waals surface area (Å²) in [6, 6.07) is 21.6. The Kier molecular flexibility index (Phi) is 5.84. The van der Waals surface area contributed by atoms with Crippen LogP contribution in [0.25, 0.3) is 0 Å². The fraction of sp³-hybridized carbons (Fsp3) is 0.308. The molecule has 0 N–H and O–H groups in total. The minimum absolute atomic E-state index is 0.162. The molecule has 0 aromatic heterocycles. The summed E-state index contributed by atoms with van der Waals surface area (Å²) < 4.78 is 19.7. The van der Waals surface area contributed by atoms with Gasteiger partial charge in [0.2, 0.25) is 0 Å². The van der Waals surface area contributed by atoms with Gasteiger partial charge in [0.25, 0.3) is 0 Å². The number of rotatable bonds is 5. The molecule has 0 saturated carbocycles. The second kappa shape index (κ2) is 8.89. The van der Waals surface area contributed by atoms with E-state index in [1.165, 1.54) is 12.5 Å². The highest BCUT2D eigenvalue weighted by Gasteiger charge is 2.30. The van der Waals surface area contributed by atoms with Crippen LogP contribution in [0.5, 0.6) is 5.75 Å². The second-order valence-corrected chi connectivity index (χ2v) is 8.79. The third kappa shape index (κ3) is 4.41. The van der Waals surface area contributed by atoms with E-state index in [1.807, 2.05) is 30.3 Å². The molecule has 1 unspecified atom stereocenters. The van der Waals surface area contributed by atoms with E-state index in [9.17, 15) is 4.39 Å². The Labute approximate surface area is 188 Å². The van der Waals surface area contributed by atoms with Gasteiger partial charge in [-0.05, 0) is 67.8 Å². The van der Waals surface area contributed by atoms with Crippen LogP contribution in [-0.4, -0.2) is 30.6 Å². The van der Waals surface area contributed by atoms with Crippen molar-refractivity contribution in [1.82, 2.24) is 4.90 Å². The second-order valence-electron chi connectivity index (χ2n) is 8.35. The molecular formula is C26H26ClFN2O. The standard InChI is InChI=1S/C26H26ClFN2O/c27-21-11-10-20-18-31-26-9-2-1-8-24(26)30(25(20)16-21)17-23-7-4-13-29(23)14-12-19-5-3-6-22(28)15-19/h1-3,5-6,8-11,15-16,23H,4,7,12-14,17-18H2. The predicted molar refractivity (Wildman–Crippen MR) is 124 cm³/mol. The van der Waals surface area contributed by atoms with Gasteiger partial charge in [0, 0.05) is 35.4 Å². The van der Waals surface area contributed by atoms with E-state index < -0.39 is 0 Å². The van der Waals surface area contributed by atoms with Gasteiger partial charge in [-0.15, -0.1) is 0 Å². The lowest BCUT2D eigenvalue weighted by molar-refractivity contribution is 0.261. The van der Waals surface area contributed by atoms with Crippen LogP contribution in [0.15, 0.2) is 66.7 Å². The fourth-order valence-corrected chi connectivity index (χ4v) is 4.93. The van der Waals surface area contributed by atoms with Crippen molar-refractivity contribution in [1.29, 1.82) is 0 Å². The molecule has 0 spiro atoms. The highest BCUT2D eigenvalue weighted by atomic mass is 35.5. The van der Waals surface area contributed by atoms with Crippen molar-refractivity contribution in [2.45, 2.75) is 31.9 Å². The molecule has 3 aromatic carbocycles. The quantitative estimate of drug-likeness (QED) is 0.472. The van der Waals surface area contributed by atoms with Gasteiger partial charge >= 0.3 is 0 Å². The lowest BCUT2D eigenvalue weighted by atomic mass is 10.1. The molecule has 0 amide bonds. The van der Waals surface area contributed by atoms with Crippen molar-refractivity contribution in [3.05, 3.63) is 88.7 Å². The number of benzene rings is 3. The normalized spacial score (nSPS) is 18.3. The summed E-state index contributed by atoms with van der Waals surface area (Å²) in [4.78, 5) is 4.91. The lowest BCUT2D eigenvalue weighted by Crippen LogP contribution is -2.39. The number of fused-ring (bicyclic) bond motifs is 2. The summed E-state index contributed by atoms with van der Waals surface area (Å²) in [5, 5.41) is 0.734. The van der Waals surface area contributed by atoms with Gasteiger partial charge in [-0.2, -0.15) is 0 Å². The van der Waals surface area contributed by atoms with Crippen LogP contribution in [-0.2, 0) is 13.0 Å². The topological polar surface area (TPSA) is 15.7 Å².